The van der Waals surface area contributed by atoms with Gasteiger partial charge in [0, 0.05) is 6.07 Å². The monoisotopic (exact) mass is 290 g/mol. The molecule has 0 spiro atoms. The van der Waals surface area contributed by atoms with Crippen LogP contribution in [0.4, 0.5) is 4.39 Å². The summed E-state index contributed by atoms with van der Waals surface area (Å²) in [5.74, 6) is 0.114. The Hall–Kier alpha value is -0.610. The highest BCUT2D eigenvalue weighted by Gasteiger charge is 2.26. The van der Waals surface area contributed by atoms with Gasteiger partial charge in [-0.1, -0.05) is 13.8 Å². The topological polar surface area (TPSA) is 29.5 Å². The van der Waals surface area contributed by atoms with Gasteiger partial charge in [0.15, 0.2) is 0 Å². The molecule has 0 fully saturated rings. The Labute approximate surface area is 104 Å². The zero-order chi connectivity index (χ0) is 12.3. The average Bonchev–Trinajstić information content (AvgIpc) is 2.19. The van der Waals surface area contributed by atoms with Gasteiger partial charge in [-0.2, -0.15) is 0 Å². The highest BCUT2D eigenvalue weighted by molar-refractivity contribution is 9.10. The lowest BCUT2D eigenvalue weighted by molar-refractivity contribution is -0.0269. The summed E-state index contributed by atoms with van der Waals surface area (Å²) in [4.78, 5) is 0. The van der Waals surface area contributed by atoms with Gasteiger partial charge in [-0.15, -0.1) is 0 Å². The van der Waals surface area contributed by atoms with Crippen molar-refractivity contribution in [2.75, 3.05) is 6.61 Å². The van der Waals surface area contributed by atoms with Crippen molar-refractivity contribution in [2.45, 2.75) is 26.4 Å². The van der Waals surface area contributed by atoms with Gasteiger partial charge in [-0.05, 0) is 40.9 Å². The molecule has 2 nitrogen and oxygen atoms in total. The van der Waals surface area contributed by atoms with E-state index < -0.39 is 5.60 Å². The molecule has 1 atom stereocenters. The van der Waals surface area contributed by atoms with Crippen molar-refractivity contribution in [3.05, 3.63) is 28.5 Å². The molecular formula is C12H16BrFO2. The van der Waals surface area contributed by atoms with Crippen molar-refractivity contribution in [1.29, 1.82) is 0 Å². The van der Waals surface area contributed by atoms with E-state index in [1.165, 1.54) is 12.1 Å². The minimum absolute atomic E-state index is 0.0693. The molecule has 0 aromatic heterocycles. The van der Waals surface area contributed by atoms with Gasteiger partial charge in [-0.25, -0.2) is 4.39 Å². The maximum Gasteiger partial charge on any atom is 0.136 e. The van der Waals surface area contributed by atoms with Crippen LogP contribution >= 0.6 is 15.9 Å². The van der Waals surface area contributed by atoms with E-state index in [0.29, 0.717) is 10.2 Å². The lowest BCUT2D eigenvalue weighted by atomic mass is 9.94. The lowest BCUT2D eigenvalue weighted by Crippen LogP contribution is -2.37. The SMILES string of the molecule is CC(C)C(C)(O)COc1cc(F)ccc1Br. The van der Waals surface area contributed by atoms with E-state index in [2.05, 4.69) is 15.9 Å². The maximum absolute atomic E-state index is 13.0. The molecule has 0 bridgehead atoms. The van der Waals surface area contributed by atoms with Crippen molar-refractivity contribution >= 4 is 15.9 Å². The van der Waals surface area contributed by atoms with Crippen LogP contribution < -0.4 is 4.74 Å². The highest BCUT2D eigenvalue weighted by Crippen LogP contribution is 2.27. The second-order valence-electron chi connectivity index (χ2n) is 4.38. The van der Waals surface area contributed by atoms with Gasteiger partial charge in [-0.3, -0.25) is 0 Å². The Morgan fingerprint density at radius 2 is 2.12 bits per heavy atom. The molecule has 0 saturated heterocycles. The molecule has 1 aromatic carbocycles. The normalized spacial score (nSPS) is 14.9. The molecule has 1 rings (SSSR count). The van der Waals surface area contributed by atoms with Crippen LogP contribution in [0.3, 0.4) is 0 Å². The van der Waals surface area contributed by atoms with E-state index in [1.807, 2.05) is 13.8 Å². The molecule has 1 aromatic rings. The quantitative estimate of drug-likeness (QED) is 0.921. The third kappa shape index (κ3) is 3.46. The van der Waals surface area contributed by atoms with Crippen molar-refractivity contribution in [2.24, 2.45) is 5.92 Å². The zero-order valence-electron chi connectivity index (χ0n) is 9.63. The fourth-order valence-corrected chi connectivity index (χ4v) is 1.34. The van der Waals surface area contributed by atoms with Crippen LogP contribution in [0.1, 0.15) is 20.8 Å². The van der Waals surface area contributed by atoms with Crippen LogP contribution in [0.25, 0.3) is 0 Å². The smallest absolute Gasteiger partial charge is 0.136 e. The third-order valence-corrected chi connectivity index (χ3v) is 3.31. The van der Waals surface area contributed by atoms with Crippen LogP contribution in [-0.2, 0) is 0 Å². The number of aliphatic hydroxyl groups is 1. The van der Waals surface area contributed by atoms with Crippen LogP contribution in [0.15, 0.2) is 22.7 Å². The number of benzene rings is 1. The summed E-state index contributed by atoms with van der Waals surface area (Å²) in [5.41, 5.74) is -0.925. The molecule has 1 N–H and O–H groups in total. The summed E-state index contributed by atoms with van der Waals surface area (Å²) in [6.07, 6.45) is 0. The number of rotatable bonds is 4. The summed E-state index contributed by atoms with van der Waals surface area (Å²) < 4.78 is 19.0. The first-order chi connectivity index (χ1) is 7.33. The number of halogens is 2. The van der Waals surface area contributed by atoms with E-state index in [0.717, 1.165) is 0 Å². The molecule has 90 valence electrons. The molecule has 16 heavy (non-hydrogen) atoms. The minimum Gasteiger partial charge on any atom is -0.489 e. The second-order valence-corrected chi connectivity index (χ2v) is 5.23. The Balaban J connectivity index is 2.71. The molecule has 0 amide bonds. The first kappa shape index (κ1) is 13.5. The molecule has 0 radical (unpaired) electrons. The first-order valence-corrected chi connectivity index (χ1v) is 5.92. The molecule has 4 heteroatoms. The Morgan fingerprint density at radius 1 is 1.50 bits per heavy atom. The standard InChI is InChI=1S/C12H16BrFO2/c1-8(2)12(3,15)7-16-11-6-9(14)4-5-10(11)13/h4-6,8,15H,7H2,1-3H3. The molecular weight excluding hydrogens is 275 g/mol. The summed E-state index contributed by atoms with van der Waals surface area (Å²) in [6, 6.07) is 4.22. The van der Waals surface area contributed by atoms with E-state index in [1.54, 1.807) is 13.0 Å². The molecule has 0 aliphatic carbocycles. The number of hydrogen-bond donors (Lipinski definition) is 1. The Morgan fingerprint density at radius 3 is 2.69 bits per heavy atom. The van der Waals surface area contributed by atoms with Gasteiger partial charge in [0.1, 0.15) is 18.2 Å². The van der Waals surface area contributed by atoms with E-state index in [9.17, 15) is 9.50 Å². The third-order valence-electron chi connectivity index (χ3n) is 2.66. The minimum atomic E-state index is -0.925. The molecule has 0 aliphatic rings. The average molecular weight is 291 g/mol. The van der Waals surface area contributed by atoms with E-state index in [4.69, 9.17) is 4.74 Å². The van der Waals surface area contributed by atoms with Crippen LogP contribution in [-0.4, -0.2) is 17.3 Å². The lowest BCUT2D eigenvalue weighted by Gasteiger charge is -2.27. The molecule has 0 aliphatic heterocycles. The van der Waals surface area contributed by atoms with Gasteiger partial charge in [0.2, 0.25) is 0 Å². The van der Waals surface area contributed by atoms with E-state index >= 15 is 0 Å². The summed E-state index contributed by atoms with van der Waals surface area (Å²) in [7, 11) is 0. The zero-order valence-corrected chi connectivity index (χ0v) is 11.2. The van der Waals surface area contributed by atoms with Gasteiger partial charge in [0.05, 0.1) is 10.1 Å². The van der Waals surface area contributed by atoms with Crippen LogP contribution in [0, 0.1) is 11.7 Å². The van der Waals surface area contributed by atoms with Gasteiger partial charge in [0.25, 0.3) is 0 Å². The molecule has 0 heterocycles. The maximum atomic E-state index is 13.0. The second kappa shape index (κ2) is 5.15. The van der Waals surface area contributed by atoms with Gasteiger partial charge < -0.3 is 9.84 Å². The molecule has 1 unspecified atom stereocenters. The summed E-state index contributed by atoms with van der Waals surface area (Å²) in [6.45, 7) is 5.64. The fraction of sp³-hybridized carbons (Fsp3) is 0.500. The first-order valence-electron chi connectivity index (χ1n) is 5.13. The predicted octanol–water partition coefficient (Wildman–Crippen LogP) is 3.37. The number of hydrogen-bond acceptors (Lipinski definition) is 2. The fourth-order valence-electron chi connectivity index (χ4n) is 0.978. The summed E-state index contributed by atoms with van der Waals surface area (Å²) in [5, 5.41) is 9.98. The highest BCUT2D eigenvalue weighted by atomic mass is 79.9. The van der Waals surface area contributed by atoms with Crippen molar-refractivity contribution in [1.82, 2.24) is 0 Å². The largest absolute Gasteiger partial charge is 0.489 e. The van der Waals surface area contributed by atoms with E-state index in [-0.39, 0.29) is 18.3 Å². The predicted molar refractivity (Wildman–Crippen MR) is 65.1 cm³/mol. The van der Waals surface area contributed by atoms with Crippen molar-refractivity contribution in [3.8, 4) is 5.75 Å². The van der Waals surface area contributed by atoms with Crippen LogP contribution in [0.5, 0.6) is 5.75 Å². The van der Waals surface area contributed by atoms with Crippen molar-refractivity contribution in [3.63, 3.8) is 0 Å². The molecule has 0 saturated carbocycles. The number of ether oxygens (including phenoxy) is 1. The van der Waals surface area contributed by atoms with Crippen LogP contribution in [0.2, 0.25) is 0 Å². The Bertz CT molecular complexity index is 364. The van der Waals surface area contributed by atoms with Crippen molar-refractivity contribution < 1.29 is 14.2 Å². The summed E-state index contributed by atoms with van der Waals surface area (Å²) >= 11 is 3.26. The van der Waals surface area contributed by atoms with Gasteiger partial charge >= 0.3 is 0 Å². The Kier molecular flexibility index (Phi) is 4.33.